The fraction of sp³-hybridized carbons (Fsp3) is 0. The zero-order valence-corrected chi connectivity index (χ0v) is 22.0. The number of furan rings is 1. The van der Waals surface area contributed by atoms with Gasteiger partial charge >= 0.3 is 0 Å². The Hall–Kier alpha value is -5.61. The molecule has 4 heteroatoms. The van der Waals surface area contributed by atoms with Crippen LogP contribution in [0.2, 0.25) is 0 Å². The minimum atomic E-state index is 0.0129. The van der Waals surface area contributed by atoms with Crippen LogP contribution in [0.5, 0.6) is 0 Å². The third kappa shape index (κ3) is 3.88. The molecule has 1 aliphatic carbocycles. The molecule has 0 atom stereocenters. The Bertz CT molecular complexity index is 2110. The Labute approximate surface area is 235 Å². The molecule has 0 amide bonds. The average molecular weight is 529 g/mol. The summed E-state index contributed by atoms with van der Waals surface area (Å²) in [7, 11) is 0. The van der Waals surface area contributed by atoms with Gasteiger partial charge in [-0.25, -0.2) is 0 Å². The molecule has 8 bridgehead atoms. The Morgan fingerprint density at radius 1 is 0.439 bits per heavy atom. The lowest BCUT2D eigenvalue weighted by molar-refractivity contribution is 0.668. The van der Waals surface area contributed by atoms with Crippen molar-refractivity contribution in [1.82, 2.24) is 9.97 Å². The highest BCUT2D eigenvalue weighted by molar-refractivity contribution is 5.97. The molecule has 2 N–H and O–H groups in total. The van der Waals surface area contributed by atoms with Gasteiger partial charge < -0.3 is 14.4 Å². The molecule has 7 aromatic rings. The molecule has 0 unspecified atom stereocenters. The summed E-state index contributed by atoms with van der Waals surface area (Å²) in [6.07, 6.45) is 0. The van der Waals surface area contributed by atoms with Gasteiger partial charge in [0.2, 0.25) is 0 Å². The summed E-state index contributed by atoms with van der Waals surface area (Å²) in [5, 5.41) is 0. The fourth-order valence-electron chi connectivity index (χ4n) is 5.90. The minimum absolute atomic E-state index is 0.0129. The summed E-state index contributed by atoms with van der Waals surface area (Å²) in [4.78, 5) is 21.0. The number of aromatic amines is 2. The number of nitrogens with one attached hydrogen (secondary N) is 2. The quantitative estimate of drug-likeness (QED) is 0.235. The summed E-state index contributed by atoms with van der Waals surface area (Å²) in [6.45, 7) is 0. The third-order valence-corrected chi connectivity index (χ3v) is 7.78. The molecular formula is C37H24N2O2. The van der Waals surface area contributed by atoms with Crippen LogP contribution in [0, 0.1) is 0 Å². The van der Waals surface area contributed by atoms with Crippen LogP contribution >= 0.6 is 0 Å². The molecule has 1 aliphatic rings. The van der Waals surface area contributed by atoms with Crippen LogP contribution in [0.25, 0.3) is 77.7 Å². The number of aromatic nitrogens is 2. The maximum absolute atomic E-state index is 13.9. The van der Waals surface area contributed by atoms with Crippen LogP contribution in [0.3, 0.4) is 0 Å². The maximum Gasteiger partial charge on any atom is 0.194 e. The van der Waals surface area contributed by atoms with Crippen LogP contribution in [-0.2, 0) is 0 Å². The summed E-state index contributed by atoms with van der Waals surface area (Å²) >= 11 is 0. The third-order valence-electron chi connectivity index (χ3n) is 7.78. The van der Waals surface area contributed by atoms with Crippen LogP contribution in [-0.4, -0.2) is 9.97 Å². The van der Waals surface area contributed by atoms with E-state index in [1.807, 2.05) is 97.1 Å². The van der Waals surface area contributed by atoms with Gasteiger partial charge in [-0.3, -0.25) is 4.79 Å². The highest BCUT2D eigenvalue weighted by Crippen LogP contribution is 2.37. The van der Waals surface area contributed by atoms with Crippen molar-refractivity contribution in [3.05, 3.63) is 144 Å². The van der Waals surface area contributed by atoms with E-state index in [-0.39, 0.29) is 5.43 Å². The second kappa shape index (κ2) is 9.25. The summed E-state index contributed by atoms with van der Waals surface area (Å²) in [5.41, 5.74) is 12.3. The number of rotatable bonds is 2. The van der Waals surface area contributed by atoms with Crippen molar-refractivity contribution < 1.29 is 4.42 Å². The van der Waals surface area contributed by atoms with Crippen molar-refractivity contribution in [2.24, 2.45) is 0 Å². The van der Waals surface area contributed by atoms with E-state index < -0.39 is 0 Å². The second-order valence-corrected chi connectivity index (χ2v) is 10.3. The molecule has 4 aromatic heterocycles. The normalized spacial score (nSPS) is 11.5. The fourth-order valence-corrected chi connectivity index (χ4v) is 5.90. The minimum Gasteiger partial charge on any atom is -0.456 e. The molecule has 0 radical (unpaired) electrons. The Morgan fingerprint density at radius 3 is 1.34 bits per heavy atom. The molecular weight excluding hydrogens is 504 g/mol. The number of hydrogen-bond donors (Lipinski definition) is 2. The smallest absolute Gasteiger partial charge is 0.194 e. The lowest BCUT2D eigenvalue weighted by Crippen LogP contribution is -1.96. The van der Waals surface area contributed by atoms with Gasteiger partial charge in [0, 0.05) is 33.3 Å². The Balaban J connectivity index is 1.58. The molecule has 8 rings (SSSR count). The zero-order valence-electron chi connectivity index (χ0n) is 22.0. The molecule has 0 saturated heterocycles. The molecule has 0 aliphatic heterocycles. The first-order valence-electron chi connectivity index (χ1n) is 13.6. The first-order valence-corrected chi connectivity index (χ1v) is 13.6. The van der Waals surface area contributed by atoms with Gasteiger partial charge in [-0.2, -0.15) is 0 Å². The maximum atomic E-state index is 13.9. The summed E-state index contributed by atoms with van der Waals surface area (Å²) in [6, 6.07) is 44.6. The van der Waals surface area contributed by atoms with Crippen LogP contribution in [0.4, 0.5) is 0 Å². The molecule has 3 aromatic carbocycles. The lowest BCUT2D eigenvalue weighted by Gasteiger charge is -2.03. The predicted octanol–water partition coefficient (Wildman–Crippen LogP) is 9.42. The van der Waals surface area contributed by atoms with Gasteiger partial charge in [0.25, 0.3) is 0 Å². The predicted molar refractivity (Wildman–Crippen MR) is 168 cm³/mol. The van der Waals surface area contributed by atoms with Gasteiger partial charge in [-0.1, -0.05) is 84.9 Å². The molecule has 41 heavy (non-hydrogen) atoms. The van der Waals surface area contributed by atoms with Gasteiger partial charge in [0.1, 0.15) is 11.2 Å². The monoisotopic (exact) mass is 528 g/mol. The van der Waals surface area contributed by atoms with Crippen LogP contribution in [0.1, 0.15) is 0 Å². The van der Waals surface area contributed by atoms with E-state index in [4.69, 9.17) is 4.42 Å². The first kappa shape index (κ1) is 23.3. The van der Waals surface area contributed by atoms with Crippen LogP contribution < -0.4 is 5.43 Å². The highest BCUT2D eigenvalue weighted by Gasteiger charge is 2.20. The van der Waals surface area contributed by atoms with E-state index in [1.165, 1.54) is 0 Å². The van der Waals surface area contributed by atoms with Crippen molar-refractivity contribution >= 4 is 33.2 Å². The van der Waals surface area contributed by atoms with Gasteiger partial charge in [0.05, 0.1) is 11.0 Å². The Morgan fingerprint density at radius 2 is 0.878 bits per heavy atom. The molecule has 4 nitrogen and oxygen atoms in total. The number of hydrogen-bond acceptors (Lipinski definition) is 2. The second-order valence-electron chi connectivity index (χ2n) is 10.3. The first-order chi connectivity index (χ1) is 20.2. The number of fused-ring (bicyclic) bond motifs is 11. The van der Waals surface area contributed by atoms with E-state index in [2.05, 4.69) is 46.4 Å². The average Bonchev–Trinajstić information content (AvgIpc) is 3.81. The van der Waals surface area contributed by atoms with E-state index >= 15 is 0 Å². The van der Waals surface area contributed by atoms with Gasteiger partial charge in [0.15, 0.2) is 5.43 Å². The molecule has 0 spiro atoms. The van der Waals surface area contributed by atoms with E-state index in [1.54, 1.807) is 0 Å². The largest absolute Gasteiger partial charge is 0.456 e. The number of H-pyrrole nitrogens is 2. The topological polar surface area (TPSA) is 61.8 Å². The van der Waals surface area contributed by atoms with Crippen molar-refractivity contribution in [2.75, 3.05) is 0 Å². The van der Waals surface area contributed by atoms with Crippen LogP contribution in [0.15, 0.2) is 143 Å². The standard InChI is InChI=1S/C37H24N2O2/c40-37-29-21-25-15-17-31(38-25)35(23-9-3-1-4-10-23)33-19-20-34(41-33)36(24-11-5-2-6-12-24)32-18-16-26(39-32)22-30(37)28-14-8-7-13-27(28)29/h1-22,38-39H. The zero-order chi connectivity index (χ0) is 27.3. The summed E-state index contributed by atoms with van der Waals surface area (Å²) in [5.74, 6) is 0. The van der Waals surface area contributed by atoms with Crippen molar-refractivity contribution in [1.29, 1.82) is 0 Å². The highest BCUT2D eigenvalue weighted by atomic mass is 16.3. The lowest BCUT2D eigenvalue weighted by atomic mass is 10.1. The van der Waals surface area contributed by atoms with Gasteiger partial charge in [-0.05, 0) is 70.8 Å². The van der Waals surface area contributed by atoms with Crippen molar-refractivity contribution in [3.63, 3.8) is 0 Å². The molecule has 0 saturated carbocycles. The van der Waals surface area contributed by atoms with E-state index in [0.29, 0.717) is 11.1 Å². The van der Waals surface area contributed by atoms with Crippen molar-refractivity contribution in [3.8, 4) is 44.5 Å². The van der Waals surface area contributed by atoms with Crippen molar-refractivity contribution in [2.45, 2.75) is 0 Å². The molecule has 4 heterocycles. The summed E-state index contributed by atoms with van der Waals surface area (Å²) < 4.78 is 6.68. The molecule has 0 fully saturated rings. The number of benzene rings is 3. The van der Waals surface area contributed by atoms with E-state index in [9.17, 15) is 4.79 Å². The SMILES string of the molecule is O=c1c2cc3ccc([nH]3)c(-c3ccccc3)c3ccc(o3)c(-c3ccccc3)c3ccc(cc1-c1ccccc1-2)[nH]3. The van der Waals surface area contributed by atoms with Gasteiger partial charge in [-0.15, -0.1) is 0 Å². The molecule has 194 valence electrons. The Kier molecular flexibility index (Phi) is 5.25. The van der Waals surface area contributed by atoms with E-state index in [0.717, 1.165) is 66.6 Å².